The Labute approximate surface area is 98.3 Å². The fourth-order valence-electron chi connectivity index (χ4n) is 2.00. The number of methoxy groups -OCH3 is 1. The molecule has 1 fully saturated rings. The van der Waals surface area contributed by atoms with Crippen LogP contribution in [0.2, 0.25) is 0 Å². The zero-order chi connectivity index (χ0) is 12.0. The number of ether oxygens (including phenoxy) is 1. The summed E-state index contributed by atoms with van der Waals surface area (Å²) < 4.78 is 4.97. The predicted molar refractivity (Wildman–Crippen MR) is 64.3 cm³/mol. The van der Waals surface area contributed by atoms with Crippen molar-refractivity contribution in [2.75, 3.05) is 33.3 Å². The average Bonchev–Trinajstić information content (AvgIpc) is 2.35. The molecule has 1 saturated heterocycles. The fourth-order valence-corrected chi connectivity index (χ4v) is 2.00. The van der Waals surface area contributed by atoms with Crippen LogP contribution in [-0.2, 0) is 9.53 Å². The van der Waals surface area contributed by atoms with E-state index in [1.807, 2.05) is 0 Å². The van der Waals surface area contributed by atoms with Crippen molar-refractivity contribution in [3.05, 3.63) is 0 Å². The van der Waals surface area contributed by atoms with Crippen molar-refractivity contribution in [1.82, 2.24) is 10.2 Å². The molecule has 0 aromatic heterocycles. The van der Waals surface area contributed by atoms with Gasteiger partial charge < -0.3 is 15.0 Å². The molecule has 1 aliphatic rings. The first-order valence-corrected chi connectivity index (χ1v) is 6.20. The smallest absolute Gasteiger partial charge is 0.248 e. The number of carbonyl (C=O) groups excluding carboxylic acids is 1. The Morgan fingerprint density at radius 1 is 1.50 bits per heavy atom. The molecule has 1 aliphatic heterocycles. The van der Waals surface area contributed by atoms with E-state index in [9.17, 15) is 4.79 Å². The van der Waals surface area contributed by atoms with Crippen LogP contribution in [0.3, 0.4) is 0 Å². The van der Waals surface area contributed by atoms with E-state index in [-0.39, 0.29) is 12.0 Å². The van der Waals surface area contributed by atoms with Crippen LogP contribution >= 0.6 is 0 Å². The van der Waals surface area contributed by atoms with Crippen LogP contribution in [0.5, 0.6) is 0 Å². The van der Waals surface area contributed by atoms with E-state index in [1.54, 1.807) is 14.0 Å². The SMILES string of the molecule is CCN1CCC(CNC(=O)C(C)OC)CC1. The highest BCUT2D eigenvalue weighted by Crippen LogP contribution is 2.15. The van der Waals surface area contributed by atoms with Crippen molar-refractivity contribution < 1.29 is 9.53 Å². The lowest BCUT2D eigenvalue weighted by Gasteiger charge is -2.31. The highest BCUT2D eigenvalue weighted by atomic mass is 16.5. The molecule has 4 nitrogen and oxygen atoms in total. The lowest BCUT2D eigenvalue weighted by molar-refractivity contribution is -0.130. The van der Waals surface area contributed by atoms with Gasteiger partial charge in [-0.1, -0.05) is 6.92 Å². The number of rotatable bonds is 5. The number of piperidine rings is 1. The Kier molecular flexibility index (Phi) is 5.77. The molecule has 0 aliphatic carbocycles. The Balaban J connectivity index is 2.17. The van der Waals surface area contributed by atoms with Gasteiger partial charge in [-0.3, -0.25) is 4.79 Å². The van der Waals surface area contributed by atoms with Gasteiger partial charge in [0.25, 0.3) is 0 Å². The average molecular weight is 228 g/mol. The normalized spacial score (nSPS) is 20.7. The lowest BCUT2D eigenvalue weighted by atomic mass is 9.97. The summed E-state index contributed by atoms with van der Waals surface area (Å²) in [4.78, 5) is 13.9. The van der Waals surface area contributed by atoms with Crippen molar-refractivity contribution in [2.24, 2.45) is 5.92 Å². The second-order valence-electron chi connectivity index (χ2n) is 4.50. The third-order valence-corrected chi connectivity index (χ3v) is 3.44. The summed E-state index contributed by atoms with van der Waals surface area (Å²) in [5, 5.41) is 2.95. The number of amides is 1. The zero-order valence-electron chi connectivity index (χ0n) is 10.7. The summed E-state index contributed by atoms with van der Waals surface area (Å²) in [6, 6.07) is 0. The molecule has 1 heterocycles. The minimum Gasteiger partial charge on any atom is -0.372 e. The van der Waals surface area contributed by atoms with Gasteiger partial charge in [-0.25, -0.2) is 0 Å². The second-order valence-corrected chi connectivity index (χ2v) is 4.50. The van der Waals surface area contributed by atoms with Gasteiger partial charge in [0.2, 0.25) is 5.91 Å². The number of nitrogens with one attached hydrogen (secondary N) is 1. The van der Waals surface area contributed by atoms with Gasteiger partial charge in [-0.15, -0.1) is 0 Å². The van der Waals surface area contributed by atoms with Crippen molar-refractivity contribution in [1.29, 1.82) is 0 Å². The van der Waals surface area contributed by atoms with Gasteiger partial charge in [-0.05, 0) is 45.3 Å². The maximum atomic E-state index is 11.5. The van der Waals surface area contributed by atoms with Crippen molar-refractivity contribution in [3.63, 3.8) is 0 Å². The number of nitrogens with zero attached hydrogens (tertiary/aromatic N) is 1. The van der Waals surface area contributed by atoms with E-state index in [4.69, 9.17) is 4.74 Å². The zero-order valence-corrected chi connectivity index (χ0v) is 10.7. The van der Waals surface area contributed by atoms with E-state index in [1.165, 1.54) is 12.8 Å². The predicted octanol–water partition coefficient (Wildman–Crippen LogP) is 0.869. The Morgan fingerprint density at radius 3 is 2.62 bits per heavy atom. The first-order valence-electron chi connectivity index (χ1n) is 6.20. The quantitative estimate of drug-likeness (QED) is 0.759. The van der Waals surface area contributed by atoms with Gasteiger partial charge in [0.05, 0.1) is 0 Å². The third kappa shape index (κ3) is 4.10. The maximum absolute atomic E-state index is 11.5. The molecule has 0 bridgehead atoms. The lowest BCUT2D eigenvalue weighted by Crippen LogP contribution is -2.41. The molecule has 1 amide bonds. The van der Waals surface area contributed by atoms with Crippen LogP contribution in [0.4, 0.5) is 0 Å². The molecule has 0 aromatic carbocycles. The summed E-state index contributed by atoms with van der Waals surface area (Å²) >= 11 is 0. The molecule has 1 unspecified atom stereocenters. The monoisotopic (exact) mass is 228 g/mol. The molecular formula is C12H24N2O2. The number of likely N-dealkylation sites (tertiary alicyclic amines) is 1. The van der Waals surface area contributed by atoms with Crippen LogP contribution in [0, 0.1) is 5.92 Å². The number of carbonyl (C=O) groups is 1. The van der Waals surface area contributed by atoms with Crippen molar-refractivity contribution >= 4 is 5.91 Å². The largest absolute Gasteiger partial charge is 0.372 e. The molecule has 0 radical (unpaired) electrons. The summed E-state index contributed by atoms with van der Waals surface area (Å²) in [7, 11) is 1.56. The molecule has 1 rings (SSSR count). The highest BCUT2D eigenvalue weighted by molar-refractivity contribution is 5.80. The van der Waals surface area contributed by atoms with E-state index < -0.39 is 0 Å². The summed E-state index contributed by atoms with van der Waals surface area (Å²) in [5.74, 6) is 0.635. The third-order valence-electron chi connectivity index (χ3n) is 3.44. The van der Waals surface area contributed by atoms with Crippen LogP contribution in [0.25, 0.3) is 0 Å². The topological polar surface area (TPSA) is 41.6 Å². The first-order chi connectivity index (χ1) is 7.67. The Bertz CT molecular complexity index is 213. The standard InChI is InChI=1S/C12H24N2O2/c1-4-14-7-5-11(6-8-14)9-13-12(15)10(2)16-3/h10-11H,4-9H2,1-3H3,(H,13,15). The van der Waals surface area contributed by atoms with Gasteiger partial charge >= 0.3 is 0 Å². The Morgan fingerprint density at radius 2 is 2.12 bits per heavy atom. The molecule has 1 N–H and O–H groups in total. The van der Waals surface area contributed by atoms with E-state index in [2.05, 4.69) is 17.1 Å². The molecule has 1 atom stereocenters. The minimum absolute atomic E-state index is 0.000390. The van der Waals surface area contributed by atoms with Gasteiger partial charge in [0.1, 0.15) is 6.10 Å². The first kappa shape index (κ1) is 13.5. The Hall–Kier alpha value is -0.610. The molecule has 0 spiro atoms. The minimum atomic E-state index is -0.337. The van der Waals surface area contributed by atoms with Crippen LogP contribution < -0.4 is 5.32 Å². The molecule has 94 valence electrons. The van der Waals surface area contributed by atoms with Crippen LogP contribution in [0.15, 0.2) is 0 Å². The summed E-state index contributed by atoms with van der Waals surface area (Å²) in [6.45, 7) is 8.23. The summed E-state index contributed by atoms with van der Waals surface area (Å²) in [5.41, 5.74) is 0. The highest BCUT2D eigenvalue weighted by Gasteiger charge is 2.19. The van der Waals surface area contributed by atoms with Gasteiger partial charge in [0, 0.05) is 13.7 Å². The fraction of sp³-hybridized carbons (Fsp3) is 0.917. The molecular weight excluding hydrogens is 204 g/mol. The molecule has 4 heteroatoms. The number of hydrogen-bond acceptors (Lipinski definition) is 3. The van der Waals surface area contributed by atoms with Crippen LogP contribution in [0.1, 0.15) is 26.7 Å². The van der Waals surface area contributed by atoms with Gasteiger partial charge in [0.15, 0.2) is 0 Å². The van der Waals surface area contributed by atoms with Crippen molar-refractivity contribution in [2.45, 2.75) is 32.8 Å². The van der Waals surface area contributed by atoms with Crippen LogP contribution in [-0.4, -0.2) is 50.2 Å². The maximum Gasteiger partial charge on any atom is 0.248 e. The second kappa shape index (κ2) is 6.86. The number of hydrogen-bond donors (Lipinski definition) is 1. The molecule has 0 aromatic rings. The van der Waals surface area contributed by atoms with E-state index in [0.29, 0.717) is 5.92 Å². The summed E-state index contributed by atoms with van der Waals surface area (Å²) in [6.07, 6.45) is 2.04. The van der Waals surface area contributed by atoms with E-state index in [0.717, 1.165) is 26.2 Å². The van der Waals surface area contributed by atoms with Gasteiger partial charge in [-0.2, -0.15) is 0 Å². The van der Waals surface area contributed by atoms with E-state index >= 15 is 0 Å². The van der Waals surface area contributed by atoms with Crippen molar-refractivity contribution in [3.8, 4) is 0 Å². The molecule has 0 saturated carbocycles. The molecule has 16 heavy (non-hydrogen) atoms.